The van der Waals surface area contributed by atoms with Crippen molar-refractivity contribution < 1.29 is 13.2 Å². The van der Waals surface area contributed by atoms with Gasteiger partial charge >= 0.3 is 0 Å². The summed E-state index contributed by atoms with van der Waals surface area (Å²) in [4.78, 5) is 12.5. The van der Waals surface area contributed by atoms with Crippen LogP contribution in [0.5, 0.6) is 0 Å². The minimum Gasteiger partial charge on any atom is -0.351 e. The monoisotopic (exact) mass is 316 g/mol. The van der Waals surface area contributed by atoms with E-state index >= 15 is 0 Å². The second-order valence-corrected chi connectivity index (χ2v) is 7.72. The molecule has 0 saturated carbocycles. The van der Waals surface area contributed by atoms with Gasteiger partial charge in [0, 0.05) is 25.0 Å². The summed E-state index contributed by atoms with van der Waals surface area (Å²) >= 11 is 1.18. The van der Waals surface area contributed by atoms with Crippen molar-refractivity contribution >= 4 is 27.3 Å². The van der Waals surface area contributed by atoms with E-state index < -0.39 is 10.0 Å². The van der Waals surface area contributed by atoms with Crippen LogP contribution in [0, 0.1) is 0 Å². The summed E-state index contributed by atoms with van der Waals surface area (Å²) in [6.45, 7) is 3.73. The number of rotatable bonds is 5. The third-order valence-corrected chi connectivity index (χ3v) is 6.24. The number of piperidine rings is 1. The first-order valence-electron chi connectivity index (χ1n) is 6.92. The molecule has 0 radical (unpaired) electrons. The molecule has 1 N–H and O–H groups in total. The van der Waals surface area contributed by atoms with Crippen LogP contribution in [0.15, 0.2) is 16.3 Å². The van der Waals surface area contributed by atoms with Crippen molar-refractivity contribution in [1.82, 2.24) is 9.62 Å². The largest absolute Gasteiger partial charge is 0.351 e. The van der Waals surface area contributed by atoms with Crippen molar-refractivity contribution in [2.24, 2.45) is 0 Å². The third kappa shape index (κ3) is 3.39. The molecule has 0 bridgehead atoms. The standard InChI is InChI=1S/C13H20N2O3S2/c1-2-6-14-13(16)12-9-11(10-19-12)20(17,18)15-7-4-3-5-8-15/h9-10H,2-8H2,1H3,(H,14,16). The Balaban J connectivity index is 2.13. The second kappa shape index (κ2) is 6.69. The van der Waals surface area contributed by atoms with Gasteiger partial charge in [0.15, 0.2) is 0 Å². The van der Waals surface area contributed by atoms with Gasteiger partial charge < -0.3 is 5.32 Å². The zero-order valence-electron chi connectivity index (χ0n) is 11.6. The lowest BCUT2D eigenvalue weighted by Crippen LogP contribution is -2.35. The minimum atomic E-state index is -3.43. The molecule has 1 aromatic rings. The average molecular weight is 316 g/mol. The molecule has 1 aliphatic heterocycles. The first-order valence-corrected chi connectivity index (χ1v) is 9.24. The normalized spacial score (nSPS) is 17.1. The van der Waals surface area contributed by atoms with Crippen molar-refractivity contribution in [2.45, 2.75) is 37.5 Å². The quantitative estimate of drug-likeness (QED) is 0.904. The number of nitrogens with one attached hydrogen (secondary N) is 1. The maximum absolute atomic E-state index is 12.4. The molecule has 0 aliphatic carbocycles. The summed E-state index contributed by atoms with van der Waals surface area (Å²) in [5.74, 6) is -0.197. The molecule has 1 fully saturated rings. The van der Waals surface area contributed by atoms with Gasteiger partial charge in [0.1, 0.15) is 0 Å². The molecule has 1 aliphatic rings. The minimum absolute atomic E-state index is 0.197. The molecule has 0 spiro atoms. The average Bonchev–Trinajstić information content (AvgIpc) is 2.96. The zero-order valence-corrected chi connectivity index (χ0v) is 13.2. The van der Waals surface area contributed by atoms with Crippen molar-refractivity contribution in [3.63, 3.8) is 0 Å². The van der Waals surface area contributed by atoms with Gasteiger partial charge in [-0.2, -0.15) is 4.31 Å². The summed E-state index contributed by atoms with van der Waals surface area (Å²) < 4.78 is 26.4. The molecular weight excluding hydrogens is 296 g/mol. The smallest absolute Gasteiger partial charge is 0.261 e. The van der Waals surface area contributed by atoms with E-state index in [-0.39, 0.29) is 10.8 Å². The molecule has 20 heavy (non-hydrogen) atoms. The van der Waals surface area contributed by atoms with Crippen LogP contribution < -0.4 is 5.32 Å². The Labute approximate surface area is 124 Å². The summed E-state index contributed by atoms with van der Waals surface area (Å²) in [5.41, 5.74) is 0. The van der Waals surface area contributed by atoms with Crippen LogP contribution in [0.1, 0.15) is 42.3 Å². The van der Waals surface area contributed by atoms with Crippen molar-refractivity contribution in [2.75, 3.05) is 19.6 Å². The van der Waals surface area contributed by atoms with Crippen molar-refractivity contribution in [3.8, 4) is 0 Å². The zero-order chi connectivity index (χ0) is 14.6. The first kappa shape index (κ1) is 15.5. The van der Waals surface area contributed by atoms with E-state index in [1.165, 1.54) is 21.7 Å². The predicted octanol–water partition coefficient (Wildman–Crippen LogP) is 2.06. The van der Waals surface area contributed by atoms with Gasteiger partial charge in [-0.15, -0.1) is 11.3 Å². The van der Waals surface area contributed by atoms with E-state index in [1.54, 1.807) is 5.38 Å². The molecule has 0 unspecified atom stereocenters. The van der Waals surface area contributed by atoms with Crippen LogP contribution in [0.25, 0.3) is 0 Å². The molecular formula is C13H20N2O3S2. The molecule has 112 valence electrons. The molecule has 0 aromatic carbocycles. The van der Waals surface area contributed by atoms with Gasteiger partial charge in [-0.25, -0.2) is 8.42 Å². The maximum atomic E-state index is 12.4. The number of thiophene rings is 1. The highest BCUT2D eigenvalue weighted by molar-refractivity contribution is 7.89. The Morgan fingerprint density at radius 1 is 1.35 bits per heavy atom. The van der Waals surface area contributed by atoms with E-state index in [2.05, 4.69) is 5.32 Å². The fourth-order valence-electron chi connectivity index (χ4n) is 2.15. The number of hydrogen-bond donors (Lipinski definition) is 1. The summed E-state index contributed by atoms with van der Waals surface area (Å²) in [7, 11) is -3.43. The van der Waals surface area contributed by atoms with Crippen molar-refractivity contribution in [1.29, 1.82) is 0 Å². The highest BCUT2D eigenvalue weighted by Crippen LogP contribution is 2.25. The van der Waals surface area contributed by atoms with E-state index in [1.807, 2.05) is 6.92 Å². The molecule has 0 atom stereocenters. The van der Waals surface area contributed by atoms with Gasteiger partial charge in [0.2, 0.25) is 10.0 Å². The van der Waals surface area contributed by atoms with E-state index in [4.69, 9.17) is 0 Å². The third-order valence-electron chi connectivity index (χ3n) is 3.29. The number of amides is 1. The summed E-state index contributed by atoms with van der Waals surface area (Å²) in [6.07, 6.45) is 3.76. The summed E-state index contributed by atoms with van der Waals surface area (Å²) in [5, 5.41) is 4.32. The van der Waals surface area contributed by atoms with E-state index in [0.717, 1.165) is 25.7 Å². The second-order valence-electron chi connectivity index (χ2n) is 4.87. The number of carbonyl (C=O) groups excluding carboxylic acids is 1. The van der Waals surface area contributed by atoms with Crippen LogP contribution in [-0.2, 0) is 10.0 Å². The lowest BCUT2D eigenvalue weighted by molar-refractivity contribution is 0.0957. The van der Waals surface area contributed by atoms with Gasteiger partial charge in [0.25, 0.3) is 5.91 Å². The van der Waals surface area contributed by atoms with E-state index in [0.29, 0.717) is 24.5 Å². The first-order chi connectivity index (χ1) is 9.55. The van der Waals surface area contributed by atoms with Gasteiger partial charge in [0.05, 0.1) is 9.77 Å². The van der Waals surface area contributed by atoms with Gasteiger partial charge in [-0.1, -0.05) is 13.3 Å². The lowest BCUT2D eigenvalue weighted by Gasteiger charge is -2.25. The molecule has 1 amide bonds. The number of carbonyl (C=O) groups is 1. The Morgan fingerprint density at radius 3 is 2.70 bits per heavy atom. The molecule has 1 aromatic heterocycles. The van der Waals surface area contributed by atoms with E-state index in [9.17, 15) is 13.2 Å². The fraction of sp³-hybridized carbons (Fsp3) is 0.615. The van der Waals surface area contributed by atoms with Gasteiger partial charge in [-0.3, -0.25) is 4.79 Å². The molecule has 1 saturated heterocycles. The molecule has 2 heterocycles. The highest BCUT2D eigenvalue weighted by Gasteiger charge is 2.27. The van der Waals surface area contributed by atoms with Gasteiger partial charge in [-0.05, 0) is 25.3 Å². The topological polar surface area (TPSA) is 66.5 Å². The fourth-order valence-corrected chi connectivity index (χ4v) is 4.85. The SMILES string of the molecule is CCCNC(=O)c1cc(S(=O)(=O)N2CCCCC2)cs1. The highest BCUT2D eigenvalue weighted by atomic mass is 32.2. The Bertz CT molecular complexity index is 560. The number of nitrogens with zero attached hydrogens (tertiary/aromatic N) is 1. The molecule has 5 nitrogen and oxygen atoms in total. The Kier molecular flexibility index (Phi) is 5.17. The lowest BCUT2D eigenvalue weighted by atomic mass is 10.2. The van der Waals surface area contributed by atoms with Crippen LogP contribution in [0.3, 0.4) is 0 Å². The van der Waals surface area contributed by atoms with Crippen molar-refractivity contribution in [3.05, 3.63) is 16.3 Å². The Hall–Kier alpha value is -0.920. The Morgan fingerprint density at radius 2 is 2.05 bits per heavy atom. The predicted molar refractivity (Wildman–Crippen MR) is 79.6 cm³/mol. The number of hydrogen-bond acceptors (Lipinski definition) is 4. The van der Waals surface area contributed by atoms with Crippen LogP contribution in [0.4, 0.5) is 0 Å². The molecule has 7 heteroatoms. The van der Waals surface area contributed by atoms with Crippen LogP contribution >= 0.6 is 11.3 Å². The van der Waals surface area contributed by atoms with Crippen LogP contribution in [0.2, 0.25) is 0 Å². The number of sulfonamides is 1. The maximum Gasteiger partial charge on any atom is 0.261 e. The molecule has 2 rings (SSSR count). The van der Waals surface area contributed by atoms with Crippen LogP contribution in [-0.4, -0.2) is 38.3 Å². The summed E-state index contributed by atoms with van der Waals surface area (Å²) in [6, 6.07) is 1.49.